The predicted molar refractivity (Wildman–Crippen MR) is 78.2 cm³/mol. The third kappa shape index (κ3) is 4.42. The van der Waals surface area contributed by atoms with Crippen LogP contribution in [-0.2, 0) is 10.0 Å². The fourth-order valence-corrected chi connectivity index (χ4v) is 2.08. The van der Waals surface area contributed by atoms with Gasteiger partial charge in [-0.2, -0.15) is 0 Å². The molecule has 1 aromatic rings. The van der Waals surface area contributed by atoms with Gasteiger partial charge in [-0.05, 0) is 38.1 Å². The molecule has 0 heterocycles. The van der Waals surface area contributed by atoms with E-state index in [1.165, 1.54) is 4.31 Å². The maximum absolute atomic E-state index is 11.6. The molecule has 18 heavy (non-hydrogen) atoms. The van der Waals surface area contributed by atoms with Crippen molar-refractivity contribution >= 4 is 15.7 Å². The zero-order valence-electron chi connectivity index (χ0n) is 11.7. The second-order valence-electron chi connectivity index (χ2n) is 3.29. The van der Waals surface area contributed by atoms with E-state index >= 15 is 0 Å². The van der Waals surface area contributed by atoms with Crippen molar-refractivity contribution in [2.75, 3.05) is 17.1 Å². The Hall–Kier alpha value is -1.47. The molecule has 0 aliphatic heterocycles. The maximum Gasteiger partial charge on any atom is 0.234 e. The topological polar surface area (TPSA) is 37.4 Å². The highest BCUT2D eigenvalue weighted by molar-refractivity contribution is 7.92. The van der Waals surface area contributed by atoms with Gasteiger partial charge < -0.3 is 0 Å². The summed E-state index contributed by atoms with van der Waals surface area (Å²) < 4.78 is 24.5. The van der Waals surface area contributed by atoms with Gasteiger partial charge in [0.2, 0.25) is 10.0 Å². The quantitative estimate of drug-likeness (QED) is 0.790. The smallest absolute Gasteiger partial charge is 0.234 e. The molecule has 0 atom stereocenters. The van der Waals surface area contributed by atoms with Crippen LogP contribution in [0.25, 0.3) is 0 Å². The molecule has 0 N–H and O–H groups in total. The van der Waals surface area contributed by atoms with E-state index in [1.807, 2.05) is 26.0 Å². The van der Waals surface area contributed by atoms with Crippen molar-refractivity contribution in [1.29, 1.82) is 0 Å². The lowest BCUT2D eigenvalue weighted by molar-refractivity contribution is 0.595. The van der Waals surface area contributed by atoms with Gasteiger partial charge in [0.15, 0.2) is 0 Å². The first-order valence-corrected chi connectivity index (χ1v) is 7.61. The Labute approximate surface area is 111 Å². The van der Waals surface area contributed by atoms with Gasteiger partial charge in [0, 0.05) is 12.6 Å². The molecule has 1 rings (SSSR count). The lowest BCUT2D eigenvalue weighted by Gasteiger charge is -2.18. The van der Waals surface area contributed by atoms with E-state index in [0.717, 1.165) is 5.56 Å². The number of nitrogens with zero attached hydrogens (tertiary/aromatic N) is 1. The van der Waals surface area contributed by atoms with Gasteiger partial charge in [-0.1, -0.05) is 19.8 Å². The maximum atomic E-state index is 11.6. The van der Waals surface area contributed by atoms with E-state index in [1.54, 1.807) is 33.0 Å². The summed E-state index contributed by atoms with van der Waals surface area (Å²) in [6, 6.07) is 7.14. The van der Waals surface area contributed by atoms with Crippen LogP contribution in [0.5, 0.6) is 0 Å². The van der Waals surface area contributed by atoms with Gasteiger partial charge in [0.05, 0.1) is 11.4 Å². The first-order chi connectivity index (χ1) is 8.51. The monoisotopic (exact) mass is 267 g/mol. The van der Waals surface area contributed by atoms with Crippen molar-refractivity contribution in [2.24, 2.45) is 0 Å². The Morgan fingerprint density at radius 1 is 1.17 bits per heavy atom. The first-order valence-electron chi connectivity index (χ1n) is 6.00. The van der Waals surface area contributed by atoms with Crippen molar-refractivity contribution in [2.45, 2.75) is 27.7 Å². The van der Waals surface area contributed by atoms with Crippen molar-refractivity contribution in [3.8, 4) is 11.8 Å². The average molecular weight is 267 g/mol. The summed E-state index contributed by atoms with van der Waals surface area (Å²) in [6.07, 6.45) is 0. The van der Waals surface area contributed by atoms with Crippen LogP contribution in [0.1, 0.15) is 33.3 Å². The molecule has 0 unspecified atom stereocenters. The molecule has 0 fully saturated rings. The summed E-state index contributed by atoms with van der Waals surface area (Å²) in [5.41, 5.74) is 1.54. The standard InChI is InChI=1S/C12H15NO2S.C2H6/c1-4-6-11-7-9-12(10-8-11)13(3)16(14,15)5-2;1-2/h7-10H,5H2,1-3H3;1-2H3. The molecular weight excluding hydrogens is 246 g/mol. The molecule has 3 nitrogen and oxygen atoms in total. The van der Waals surface area contributed by atoms with Crippen molar-refractivity contribution < 1.29 is 8.42 Å². The lowest BCUT2D eigenvalue weighted by Crippen LogP contribution is -2.27. The summed E-state index contributed by atoms with van der Waals surface area (Å²) >= 11 is 0. The second-order valence-corrected chi connectivity index (χ2v) is 5.58. The number of rotatable bonds is 3. The van der Waals surface area contributed by atoms with Crippen LogP contribution in [-0.4, -0.2) is 21.2 Å². The molecule has 0 saturated carbocycles. The summed E-state index contributed by atoms with van der Waals surface area (Å²) in [5, 5.41) is 0. The number of hydrogen-bond acceptors (Lipinski definition) is 2. The number of hydrogen-bond donors (Lipinski definition) is 0. The molecule has 0 amide bonds. The normalized spacial score (nSPS) is 9.61. The van der Waals surface area contributed by atoms with Crippen LogP contribution in [0, 0.1) is 11.8 Å². The molecule has 0 aliphatic rings. The van der Waals surface area contributed by atoms with E-state index in [4.69, 9.17) is 0 Å². The second kappa shape index (κ2) is 7.78. The Morgan fingerprint density at radius 3 is 2.06 bits per heavy atom. The van der Waals surface area contributed by atoms with Gasteiger partial charge in [0.1, 0.15) is 0 Å². The third-order valence-corrected chi connectivity index (χ3v) is 4.06. The predicted octanol–water partition coefficient (Wildman–Crippen LogP) is 2.87. The van der Waals surface area contributed by atoms with E-state index in [9.17, 15) is 8.42 Å². The Kier molecular flexibility index (Phi) is 7.14. The Bertz CT molecular complexity index is 507. The van der Waals surface area contributed by atoms with Crippen molar-refractivity contribution in [1.82, 2.24) is 0 Å². The molecule has 4 heteroatoms. The van der Waals surface area contributed by atoms with Crippen LogP contribution >= 0.6 is 0 Å². The van der Waals surface area contributed by atoms with Gasteiger partial charge in [-0.3, -0.25) is 4.31 Å². The molecule has 1 aromatic carbocycles. The third-order valence-electron chi connectivity index (χ3n) is 2.28. The van der Waals surface area contributed by atoms with Crippen LogP contribution in [0.4, 0.5) is 5.69 Å². The first kappa shape index (κ1) is 16.5. The van der Waals surface area contributed by atoms with Crippen molar-refractivity contribution in [3.05, 3.63) is 29.8 Å². The zero-order chi connectivity index (χ0) is 14.2. The summed E-state index contributed by atoms with van der Waals surface area (Å²) in [7, 11) is -1.62. The molecular formula is C14H21NO2S. The molecule has 0 radical (unpaired) electrons. The van der Waals surface area contributed by atoms with Crippen LogP contribution in [0.2, 0.25) is 0 Å². The number of anilines is 1. The highest BCUT2D eigenvalue weighted by Crippen LogP contribution is 2.16. The average Bonchev–Trinajstić information content (AvgIpc) is 2.41. The summed E-state index contributed by atoms with van der Waals surface area (Å²) in [6.45, 7) is 7.39. The van der Waals surface area contributed by atoms with Crippen LogP contribution in [0.3, 0.4) is 0 Å². The van der Waals surface area contributed by atoms with E-state index in [-0.39, 0.29) is 5.75 Å². The lowest BCUT2D eigenvalue weighted by atomic mass is 10.2. The van der Waals surface area contributed by atoms with E-state index in [2.05, 4.69) is 11.8 Å². The minimum absolute atomic E-state index is 0.0972. The number of sulfonamides is 1. The largest absolute Gasteiger partial charge is 0.273 e. The number of benzene rings is 1. The van der Waals surface area contributed by atoms with Gasteiger partial charge >= 0.3 is 0 Å². The summed E-state index contributed by atoms with van der Waals surface area (Å²) in [4.78, 5) is 0. The fraction of sp³-hybridized carbons (Fsp3) is 0.429. The Balaban J connectivity index is 0.00000137. The minimum Gasteiger partial charge on any atom is -0.273 e. The highest BCUT2D eigenvalue weighted by Gasteiger charge is 2.14. The van der Waals surface area contributed by atoms with Gasteiger partial charge in [0.25, 0.3) is 0 Å². The molecule has 0 spiro atoms. The van der Waals surface area contributed by atoms with Crippen LogP contribution in [0.15, 0.2) is 24.3 Å². The molecule has 0 aromatic heterocycles. The Morgan fingerprint density at radius 2 is 1.67 bits per heavy atom. The molecule has 0 saturated heterocycles. The molecule has 100 valence electrons. The SMILES string of the molecule is CC.CC#Cc1ccc(N(C)S(=O)(=O)CC)cc1. The summed E-state index contributed by atoms with van der Waals surface area (Å²) in [5.74, 6) is 5.80. The van der Waals surface area contributed by atoms with Crippen LogP contribution < -0.4 is 4.31 Å². The fourth-order valence-electron chi connectivity index (χ4n) is 1.25. The van der Waals surface area contributed by atoms with E-state index in [0.29, 0.717) is 5.69 Å². The molecule has 0 aliphatic carbocycles. The van der Waals surface area contributed by atoms with Gasteiger partial charge in [-0.25, -0.2) is 8.42 Å². The van der Waals surface area contributed by atoms with Gasteiger partial charge in [-0.15, -0.1) is 5.92 Å². The van der Waals surface area contributed by atoms with E-state index < -0.39 is 10.0 Å². The zero-order valence-corrected chi connectivity index (χ0v) is 12.5. The molecule has 0 bridgehead atoms. The van der Waals surface area contributed by atoms with Crippen molar-refractivity contribution in [3.63, 3.8) is 0 Å². The minimum atomic E-state index is -3.18. The highest BCUT2D eigenvalue weighted by atomic mass is 32.2.